The van der Waals surface area contributed by atoms with Crippen molar-refractivity contribution in [1.82, 2.24) is 4.98 Å². The maximum atomic E-state index is 13.6. The fourth-order valence-corrected chi connectivity index (χ4v) is 3.17. The van der Waals surface area contributed by atoms with E-state index in [0.717, 1.165) is 21.8 Å². The van der Waals surface area contributed by atoms with Crippen molar-refractivity contribution in [3.63, 3.8) is 0 Å². The molecule has 2 aromatic carbocycles. The van der Waals surface area contributed by atoms with E-state index in [9.17, 15) is 14.0 Å². The molecule has 0 unspecified atom stereocenters. The number of hydrogen-bond acceptors (Lipinski definition) is 4. The van der Waals surface area contributed by atoms with E-state index in [4.69, 9.17) is 0 Å². The molecule has 2 amide bonds. The standard InChI is InChI=1S/C17H14FN3O2S/c1-9-3-6-13-15(7-9)24-17(20-13)21-16(23)11-4-5-12(18)14(8-11)19-10(2)22/h3-8H,1-2H3,(H,19,22)(H,20,21,23). The normalized spacial score (nSPS) is 10.6. The summed E-state index contributed by atoms with van der Waals surface area (Å²) in [5.74, 6) is -1.43. The highest BCUT2D eigenvalue weighted by Crippen LogP contribution is 2.27. The van der Waals surface area contributed by atoms with E-state index in [-0.39, 0.29) is 11.3 Å². The van der Waals surface area contributed by atoms with Crippen LogP contribution in [-0.2, 0) is 4.79 Å². The van der Waals surface area contributed by atoms with Crippen molar-refractivity contribution in [2.75, 3.05) is 10.6 Å². The quantitative estimate of drug-likeness (QED) is 0.756. The lowest BCUT2D eigenvalue weighted by molar-refractivity contribution is -0.114. The van der Waals surface area contributed by atoms with Crippen LogP contribution >= 0.6 is 11.3 Å². The highest BCUT2D eigenvalue weighted by molar-refractivity contribution is 7.22. The molecule has 0 aliphatic heterocycles. The van der Waals surface area contributed by atoms with Crippen molar-refractivity contribution in [3.8, 4) is 0 Å². The zero-order valence-corrected chi connectivity index (χ0v) is 13.8. The third-order valence-electron chi connectivity index (χ3n) is 3.30. The molecule has 5 nitrogen and oxygen atoms in total. The van der Waals surface area contributed by atoms with E-state index < -0.39 is 17.6 Å². The first-order chi connectivity index (χ1) is 11.4. The summed E-state index contributed by atoms with van der Waals surface area (Å²) >= 11 is 1.37. The number of nitrogens with zero attached hydrogens (tertiary/aromatic N) is 1. The first-order valence-corrected chi connectivity index (χ1v) is 8.00. The molecule has 0 spiro atoms. The van der Waals surface area contributed by atoms with Gasteiger partial charge in [-0.3, -0.25) is 14.9 Å². The first kappa shape index (κ1) is 16.1. The van der Waals surface area contributed by atoms with E-state index in [1.807, 2.05) is 25.1 Å². The molecule has 0 saturated heterocycles. The Bertz CT molecular complexity index is 952. The van der Waals surface area contributed by atoms with Crippen molar-refractivity contribution in [2.24, 2.45) is 0 Å². The summed E-state index contributed by atoms with van der Waals surface area (Å²) < 4.78 is 14.6. The number of nitrogens with one attached hydrogen (secondary N) is 2. The third-order valence-corrected chi connectivity index (χ3v) is 4.24. The molecule has 3 aromatic rings. The number of amides is 2. The number of carbonyl (C=O) groups excluding carboxylic acids is 2. The molecule has 0 bridgehead atoms. The molecule has 1 heterocycles. The van der Waals surface area contributed by atoms with Crippen LogP contribution in [0.4, 0.5) is 15.2 Å². The molecule has 7 heteroatoms. The van der Waals surface area contributed by atoms with Gasteiger partial charge in [0, 0.05) is 12.5 Å². The van der Waals surface area contributed by atoms with Crippen LogP contribution < -0.4 is 10.6 Å². The topological polar surface area (TPSA) is 71.1 Å². The number of aryl methyl sites for hydroxylation is 1. The number of anilines is 2. The fraction of sp³-hybridized carbons (Fsp3) is 0.118. The smallest absolute Gasteiger partial charge is 0.257 e. The maximum Gasteiger partial charge on any atom is 0.257 e. The SMILES string of the molecule is CC(=O)Nc1cc(C(=O)Nc2nc3ccc(C)cc3s2)ccc1F. The molecule has 2 N–H and O–H groups in total. The maximum absolute atomic E-state index is 13.6. The zero-order chi connectivity index (χ0) is 17.3. The van der Waals surface area contributed by atoms with Crippen LogP contribution in [0, 0.1) is 12.7 Å². The molecule has 0 saturated carbocycles. The van der Waals surface area contributed by atoms with Gasteiger partial charge in [-0.1, -0.05) is 17.4 Å². The van der Waals surface area contributed by atoms with Gasteiger partial charge in [0.1, 0.15) is 5.82 Å². The Hall–Kier alpha value is -2.80. The van der Waals surface area contributed by atoms with Crippen LogP contribution in [0.2, 0.25) is 0 Å². The van der Waals surface area contributed by atoms with Gasteiger partial charge in [-0.25, -0.2) is 9.37 Å². The average molecular weight is 343 g/mol. The van der Waals surface area contributed by atoms with Crippen LogP contribution in [0.3, 0.4) is 0 Å². The van der Waals surface area contributed by atoms with Gasteiger partial charge >= 0.3 is 0 Å². The van der Waals surface area contributed by atoms with E-state index in [2.05, 4.69) is 15.6 Å². The average Bonchev–Trinajstić information content (AvgIpc) is 2.90. The van der Waals surface area contributed by atoms with Crippen LogP contribution in [0.1, 0.15) is 22.8 Å². The van der Waals surface area contributed by atoms with Crippen molar-refractivity contribution in [1.29, 1.82) is 0 Å². The minimum Gasteiger partial charge on any atom is -0.324 e. The van der Waals surface area contributed by atoms with Crippen molar-refractivity contribution in [3.05, 3.63) is 53.3 Å². The second-order valence-corrected chi connectivity index (χ2v) is 6.35. The number of thiazole rings is 1. The summed E-state index contributed by atoms with van der Waals surface area (Å²) in [6.45, 7) is 3.26. The number of rotatable bonds is 3. The van der Waals surface area contributed by atoms with E-state index in [1.54, 1.807) is 0 Å². The highest BCUT2D eigenvalue weighted by Gasteiger charge is 2.13. The number of benzene rings is 2. The Morgan fingerprint density at radius 1 is 1.12 bits per heavy atom. The Morgan fingerprint density at radius 2 is 1.92 bits per heavy atom. The molecule has 0 aliphatic rings. The molecule has 0 aliphatic carbocycles. The van der Waals surface area contributed by atoms with Crippen LogP contribution in [0.25, 0.3) is 10.2 Å². The minimum atomic E-state index is -0.600. The summed E-state index contributed by atoms with van der Waals surface area (Å²) in [4.78, 5) is 27.8. The number of halogens is 1. The van der Waals surface area contributed by atoms with Crippen molar-refractivity contribution >= 4 is 44.2 Å². The van der Waals surface area contributed by atoms with Gasteiger partial charge in [0.25, 0.3) is 5.91 Å². The zero-order valence-electron chi connectivity index (χ0n) is 13.0. The Labute approximate surface area is 141 Å². The van der Waals surface area contributed by atoms with Crippen LogP contribution in [-0.4, -0.2) is 16.8 Å². The summed E-state index contributed by atoms with van der Waals surface area (Å²) in [7, 11) is 0. The molecule has 0 radical (unpaired) electrons. The van der Waals surface area contributed by atoms with Crippen LogP contribution in [0.15, 0.2) is 36.4 Å². The van der Waals surface area contributed by atoms with Gasteiger partial charge in [-0.15, -0.1) is 0 Å². The van der Waals surface area contributed by atoms with Crippen LogP contribution in [0.5, 0.6) is 0 Å². The Balaban J connectivity index is 1.84. The van der Waals surface area contributed by atoms with Gasteiger partial charge in [-0.2, -0.15) is 0 Å². The lowest BCUT2D eigenvalue weighted by Gasteiger charge is -2.07. The second kappa shape index (κ2) is 6.37. The van der Waals surface area contributed by atoms with Gasteiger partial charge in [0.05, 0.1) is 15.9 Å². The largest absolute Gasteiger partial charge is 0.324 e. The summed E-state index contributed by atoms with van der Waals surface area (Å²) in [5, 5.41) is 5.52. The highest BCUT2D eigenvalue weighted by atomic mass is 32.1. The van der Waals surface area contributed by atoms with E-state index in [0.29, 0.717) is 5.13 Å². The lowest BCUT2D eigenvalue weighted by atomic mass is 10.2. The molecule has 3 rings (SSSR count). The first-order valence-electron chi connectivity index (χ1n) is 7.18. The molecule has 122 valence electrons. The summed E-state index contributed by atoms with van der Waals surface area (Å²) in [5.41, 5.74) is 2.12. The van der Waals surface area contributed by atoms with Crippen molar-refractivity contribution in [2.45, 2.75) is 13.8 Å². The van der Waals surface area contributed by atoms with Gasteiger partial charge in [-0.05, 0) is 42.8 Å². The number of aromatic nitrogens is 1. The minimum absolute atomic E-state index is 0.0323. The molecule has 24 heavy (non-hydrogen) atoms. The molecular weight excluding hydrogens is 329 g/mol. The van der Waals surface area contributed by atoms with E-state index >= 15 is 0 Å². The van der Waals surface area contributed by atoms with E-state index in [1.165, 1.54) is 30.4 Å². The van der Waals surface area contributed by atoms with Crippen molar-refractivity contribution < 1.29 is 14.0 Å². The Morgan fingerprint density at radius 3 is 2.67 bits per heavy atom. The number of hydrogen-bond donors (Lipinski definition) is 2. The summed E-state index contributed by atoms with van der Waals surface area (Å²) in [6, 6.07) is 9.63. The number of fused-ring (bicyclic) bond motifs is 1. The van der Waals surface area contributed by atoms with Gasteiger partial charge < -0.3 is 5.32 Å². The van der Waals surface area contributed by atoms with Gasteiger partial charge in [0.2, 0.25) is 5.91 Å². The molecule has 0 fully saturated rings. The molecule has 0 atom stereocenters. The molecule has 1 aromatic heterocycles. The predicted molar refractivity (Wildman–Crippen MR) is 93.0 cm³/mol. The number of carbonyl (C=O) groups is 2. The second-order valence-electron chi connectivity index (χ2n) is 5.32. The Kier molecular flexibility index (Phi) is 4.26. The van der Waals surface area contributed by atoms with Gasteiger partial charge in [0.15, 0.2) is 5.13 Å². The lowest BCUT2D eigenvalue weighted by Crippen LogP contribution is -2.13. The monoisotopic (exact) mass is 343 g/mol. The third kappa shape index (κ3) is 3.41. The fourth-order valence-electron chi connectivity index (χ4n) is 2.21. The summed E-state index contributed by atoms with van der Waals surface area (Å²) in [6.07, 6.45) is 0. The predicted octanol–water partition coefficient (Wildman–Crippen LogP) is 3.95. The molecular formula is C17H14FN3O2S.